The van der Waals surface area contributed by atoms with Crippen LogP contribution in [0.5, 0.6) is 0 Å². The molecule has 2 rings (SSSR count). The van der Waals surface area contributed by atoms with E-state index in [2.05, 4.69) is 18.1 Å². The molecule has 0 aliphatic rings. The zero-order chi connectivity index (χ0) is 9.97. The van der Waals surface area contributed by atoms with Crippen LogP contribution < -0.4 is 0 Å². The Labute approximate surface area is 88.1 Å². The molecule has 0 aliphatic heterocycles. The van der Waals surface area contributed by atoms with Crippen molar-refractivity contribution in [2.24, 2.45) is 0 Å². The second kappa shape index (κ2) is 3.84. The van der Waals surface area contributed by atoms with Crippen LogP contribution in [0.4, 0.5) is 0 Å². The van der Waals surface area contributed by atoms with Crippen molar-refractivity contribution in [3.05, 3.63) is 47.8 Å². The van der Waals surface area contributed by atoms with Crippen molar-refractivity contribution >= 4 is 11.6 Å². The van der Waals surface area contributed by atoms with E-state index in [4.69, 9.17) is 11.6 Å². The van der Waals surface area contributed by atoms with Crippen molar-refractivity contribution in [3.63, 3.8) is 0 Å². The van der Waals surface area contributed by atoms with Gasteiger partial charge in [0.05, 0.1) is 5.69 Å². The Hall–Kier alpha value is -1.28. The molecule has 3 heteroatoms. The molecule has 0 fully saturated rings. The average Bonchev–Trinajstić information content (AvgIpc) is 2.70. The monoisotopic (exact) mass is 206 g/mol. The molecule has 1 heterocycles. The van der Waals surface area contributed by atoms with E-state index in [9.17, 15) is 0 Å². The van der Waals surface area contributed by atoms with Gasteiger partial charge < -0.3 is 0 Å². The Bertz CT molecular complexity index is 421. The molecule has 14 heavy (non-hydrogen) atoms. The number of hydrogen-bond acceptors (Lipinski definition) is 1. The Balaban J connectivity index is 2.43. The van der Waals surface area contributed by atoms with Crippen LogP contribution in [-0.4, -0.2) is 9.78 Å². The summed E-state index contributed by atoms with van der Waals surface area (Å²) in [5.41, 5.74) is 3.44. The van der Waals surface area contributed by atoms with Crippen molar-refractivity contribution in [3.8, 4) is 5.69 Å². The number of benzene rings is 1. The first kappa shape index (κ1) is 9.28. The largest absolute Gasteiger partial charge is 0.241 e. The molecule has 1 aromatic carbocycles. The summed E-state index contributed by atoms with van der Waals surface area (Å²) in [6.07, 6.45) is 3.69. The van der Waals surface area contributed by atoms with E-state index >= 15 is 0 Å². The van der Waals surface area contributed by atoms with Crippen LogP contribution in [0.25, 0.3) is 5.69 Å². The summed E-state index contributed by atoms with van der Waals surface area (Å²) in [5, 5.41) is 4.17. The van der Waals surface area contributed by atoms with Crippen molar-refractivity contribution < 1.29 is 0 Å². The van der Waals surface area contributed by atoms with Crippen LogP contribution in [0.3, 0.4) is 0 Å². The molecule has 0 radical (unpaired) electrons. The molecule has 1 aromatic heterocycles. The second-order valence-electron chi connectivity index (χ2n) is 3.20. The van der Waals surface area contributed by atoms with E-state index in [0.717, 1.165) is 5.69 Å². The minimum absolute atomic E-state index is 0.561. The predicted molar refractivity (Wildman–Crippen MR) is 57.9 cm³/mol. The molecule has 0 spiro atoms. The zero-order valence-electron chi connectivity index (χ0n) is 7.94. The molecule has 72 valence electrons. The van der Waals surface area contributed by atoms with Gasteiger partial charge in [0.1, 0.15) is 0 Å². The van der Waals surface area contributed by atoms with Gasteiger partial charge >= 0.3 is 0 Å². The normalized spacial score (nSPS) is 10.4. The summed E-state index contributed by atoms with van der Waals surface area (Å²) in [6, 6.07) is 8.06. The second-order valence-corrected chi connectivity index (χ2v) is 3.46. The first-order valence-electron chi connectivity index (χ1n) is 4.47. The lowest BCUT2D eigenvalue weighted by atomic mass is 10.1. The van der Waals surface area contributed by atoms with Crippen LogP contribution in [0.2, 0.25) is 0 Å². The molecule has 0 saturated heterocycles. The molecule has 0 amide bonds. The highest BCUT2D eigenvalue weighted by atomic mass is 35.5. The summed E-state index contributed by atoms with van der Waals surface area (Å²) in [7, 11) is 0. The number of hydrogen-bond donors (Lipinski definition) is 0. The van der Waals surface area contributed by atoms with Gasteiger partial charge in [0.2, 0.25) is 0 Å². The first-order valence-corrected chi connectivity index (χ1v) is 5.00. The molecule has 2 aromatic rings. The summed E-state index contributed by atoms with van der Waals surface area (Å²) in [4.78, 5) is 0. The van der Waals surface area contributed by atoms with Gasteiger partial charge in [-0.1, -0.05) is 6.07 Å². The van der Waals surface area contributed by atoms with E-state index in [1.807, 2.05) is 29.1 Å². The highest BCUT2D eigenvalue weighted by Crippen LogP contribution is 2.15. The Morgan fingerprint density at radius 3 is 2.86 bits per heavy atom. The van der Waals surface area contributed by atoms with Crippen LogP contribution >= 0.6 is 11.6 Å². The van der Waals surface area contributed by atoms with Crippen LogP contribution in [-0.2, 0) is 5.88 Å². The number of nitrogens with zero attached hydrogens (tertiary/aromatic N) is 2. The number of aryl methyl sites for hydroxylation is 1. The molecule has 0 unspecified atom stereocenters. The first-order chi connectivity index (χ1) is 6.81. The average molecular weight is 207 g/mol. The van der Waals surface area contributed by atoms with Crippen LogP contribution in [0, 0.1) is 6.92 Å². The fourth-order valence-electron chi connectivity index (χ4n) is 1.39. The van der Waals surface area contributed by atoms with Gasteiger partial charge in [0.15, 0.2) is 0 Å². The fraction of sp³-hybridized carbons (Fsp3) is 0.182. The number of aromatic nitrogens is 2. The third-order valence-electron chi connectivity index (χ3n) is 2.24. The lowest BCUT2D eigenvalue weighted by molar-refractivity contribution is 0.878. The zero-order valence-corrected chi connectivity index (χ0v) is 8.70. The van der Waals surface area contributed by atoms with E-state index < -0.39 is 0 Å². The standard InChI is InChI=1S/C11H11ClN2/c1-9-7-11(4-3-10(9)8-12)14-6-2-5-13-14/h2-7H,8H2,1H3. The Morgan fingerprint density at radius 2 is 2.29 bits per heavy atom. The Kier molecular flexibility index (Phi) is 2.55. The van der Waals surface area contributed by atoms with Gasteiger partial charge in [-0.15, -0.1) is 11.6 Å². The van der Waals surface area contributed by atoms with Gasteiger partial charge in [0, 0.05) is 18.3 Å². The lowest BCUT2D eigenvalue weighted by Crippen LogP contribution is -1.95. The quantitative estimate of drug-likeness (QED) is 0.691. The lowest BCUT2D eigenvalue weighted by Gasteiger charge is -2.05. The number of alkyl halides is 1. The molecular formula is C11H11ClN2. The summed E-state index contributed by atoms with van der Waals surface area (Å²) < 4.78 is 1.84. The number of rotatable bonds is 2. The highest BCUT2D eigenvalue weighted by molar-refractivity contribution is 6.17. The minimum Gasteiger partial charge on any atom is -0.241 e. The van der Waals surface area contributed by atoms with Gasteiger partial charge in [-0.2, -0.15) is 5.10 Å². The maximum Gasteiger partial charge on any atom is 0.0648 e. The van der Waals surface area contributed by atoms with Crippen molar-refractivity contribution in [1.29, 1.82) is 0 Å². The Morgan fingerprint density at radius 1 is 1.43 bits per heavy atom. The van der Waals surface area contributed by atoms with Crippen molar-refractivity contribution in [2.75, 3.05) is 0 Å². The fourth-order valence-corrected chi connectivity index (χ4v) is 1.69. The maximum absolute atomic E-state index is 5.79. The van der Waals surface area contributed by atoms with Crippen LogP contribution in [0.15, 0.2) is 36.7 Å². The van der Waals surface area contributed by atoms with Crippen LogP contribution in [0.1, 0.15) is 11.1 Å². The molecule has 0 N–H and O–H groups in total. The van der Waals surface area contributed by atoms with Gasteiger partial charge in [-0.05, 0) is 36.2 Å². The third kappa shape index (κ3) is 1.66. The topological polar surface area (TPSA) is 17.8 Å². The smallest absolute Gasteiger partial charge is 0.0648 e. The number of halogens is 1. The molecular weight excluding hydrogens is 196 g/mol. The van der Waals surface area contributed by atoms with Crippen molar-refractivity contribution in [2.45, 2.75) is 12.8 Å². The molecule has 0 bridgehead atoms. The molecule has 0 saturated carbocycles. The summed E-state index contributed by atoms with van der Waals surface area (Å²) >= 11 is 5.79. The molecule has 0 aliphatic carbocycles. The SMILES string of the molecule is Cc1cc(-n2cccn2)ccc1CCl. The summed E-state index contributed by atoms with van der Waals surface area (Å²) in [5.74, 6) is 0.561. The van der Waals surface area contributed by atoms with E-state index in [0.29, 0.717) is 5.88 Å². The van der Waals surface area contributed by atoms with Gasteiger partial charge in [-0.25, -0.2) is 4.68 Å². The highest BCUT2D eigenvalue weighted by Gasteiger charge is 2.00. The van der Waals surface area contributed by atoms with Crippen molar-refractivity contribution in [1.82, 2.24) is 9.78 Å². The van der Waals surface area contributed by atoms with Gasteiger partial charge in [-0.3, -0.25) is 0 Å². The predicted octanol–water partition coefficient (Wildman–Crippen LogP) is 2.92. The van der Waals surface area contributed by atoms with E-state index in [-0.39, 0.29) is 0 Å². The van der Waals surface area contributed by atoms with Gasteiger partial charge in [0.25, 0.3) is 0 Å². The molecule has 2 nitrogen and oxygen atoms in total. The maximum atomic E-state index is 5.79. The molecule has 0 atom stereocenters. The third-order valence-corrected chi connectivity index (χ3v) is 2.53. The minimum atomic E-state index is 0.561. The van der Waals surface area contributed by atoms with E-state index in [1.54, 1.807) is 6.20 Å². The summed E-state index contributed by atoms with van der Waals surface area (Å²) in [6.45, 7) is 2.06. The van der Waals surface area contributed by atoms with E-state index in [1.165, 1.54) is 11.1 Å².